The Morgan fingerprint density at radius 1 is 1.20 bits per heavy atom. The van der Waals surface area contributed by atoms with Crippen LogP contribution in [-0.4, -0.2) is 44.8 Å². The highest BCUT2D eigenvalue weighted by atomic mass is 16.5. The molecule has 110 valence electrons. The quantitative estimate of drug-likeness (QED) is 0.860. The number of nitrogens with one attached hydrogen (secondary N) is 1. The lowest BCUT2D eigenvalue weighted by Gasteiger charge is -2.27. The largest absolute Gasteiger partial charge is 0.493 e. The molecule has 0 spiro atoms. The molecular formula is C16H24N2O2. The molecule has 4 heteroatoms. The monoisotopic (exact) mass is 276 g/mol. The molecule has 2 fully saturated rings. The lowest BCUT2D eigenvalue weighted by atomic mass is 10.1. The van der Waals surface area contributed by atoms with Gasteiger partial charge in [0, 0.05) is 32.7 Å². The number of nitrogens with zero attached hydrogens (tertiary/aromatic N) is 1. The summed E-state index contributed by atoms with van der Waals surface area (Å²) in [7, 11) is 1.72. The Balaban J connectivity index is 1.62. The van der Waals surface area contributed by atoms with E-state index in [1.54, 1.807) is 7.11 Å². The molecule has 1 saturated heterocycles. The molecule has 0 atom stereocenters. The lowest BCUT2D eigenvalue weighted by molar-refractivity contribution is 0.232. The van der Waals surface area contributed by atoms with E-state index in [0.717, 1.165) is 56.7 Å². The summed E-state index contributed by atoms with van der Waals surface area (Å²) in [6, 6.07) is 6.33. The molecule has 1 aromatic rings. The summed E-state index contributed by atoms with van der Waals surface area (Å²) >= 11 is 0. The Kier molecular flexibility index (Phi) is 4.43. The molecule has 0 amide bonds. The highest BCUT2D eigenvalue weighted by Crippen LogP contribution is 2.33. The Bertz CT molecular complexity index is 440. The van der Waals surface area contributed by atoms with Crippen LogP contribution in [0, 0.1) is 5.92 Å². The molecule has 1 aliphatic heterocycles. The number of rotatable bonds is 6. The first-order valence-corrected chi connectivity index (χ1v) is 7.58. The zero-order chi connectivity index (χ0) is 13.8. The molecule has 1 aromatic carbocycles. The van der Waals surface area contributed by atoms with Gasteiger partial charge in [0.25, 0.3) is 0 Å². The van der Waals surface area contributed by atoms with Crippen LogP contribution in [0.25, 0.3) is 0 Å². The third-order valence-electron chi connectivity index (χ3n) is 4.02. The second-order valence-electron chi connectivity index (χ2n) is 5.77. The van der Waals surface area contributed by atoms with Gasteiger partial charge in [-0.05, 0) is 36.5 Å². The predicted octanol–water partition coefficient (Wildman–Crippen LogP) is 1.89. The topological polar surface area (TPSA) is 33.7 Å². The molecule has 1 saturated carbocycles. The zero-order valence-corrected chi connectivity index (χ0v) is 12.2. The molecule has 0 radical (unpaired) electrons. The molecule has 3 rings (SSSR count). The molecule has 2 aliphatic rings. The molecular weight excluding hydrogens is 252 g/mol. The Morgan fingerprint density at radius 2 is 2.00 bits per heavy atom. The fourth-order valence-corrected chi connectivity index (χ4v) is 2.55. The number of hydrogen-bond donors (Lipinski definition) is 1. The van der Waals surface area contributed by atoms with Gasteiger partial charge in [-0.2, -0.15) is 0 Å². The molecule has 4 nitrogen and oxygen atoms in total. The van der Waals surface area contributed by atoms with E-state index in [0.29, 0.717) is 0 Å². The second kappa shape index (κ2) is 6.46. The van der Waals surface area contributed by atoms with Crippen LogP contribution in [0.15, 0.2) is 18.2 Å². The van der Waals surface area contributed by atoms with Gasteiger partial charge in [0.1, 0.15) is 0 Å². The van der Waals surface area contributed by atoms with Crippen molar-refractivity contribution in [2.45, 2.75) is 19.4 Å². The van der Waals surface area contributed by atoms with E-state index in [4.69, 9.17) is 9.47 Å². The summed E-state index contributed by atoms with van der Waals surface area (Å²) in [5.74, 6) is 2.50. The van der Waals surface area contributed by atoms with Crippen molar-refractivity contribution >= 4 is 0 Å². The summed E-state index contributed by atoms with van der Waals surface area (Å²) in [5.41, 5.74) is 1.29. The maximum absolute atomic E-state index is 5.85. The van der Waals surface area contributed by atoms with Gasteiger partial charge in [0.2, 0.25) is 0 Å². The highest BCUT2D eigenvalue weighted by molar-refractivity contribution is 5.43. The van der Waals surface area contributed by atoms with Crippen LogP contribution < -0.4 is 14.8 Å². The number of ether oxygens (including phenoxy) is 2. The maximum atomic E-state index is 5.85. The first kappa shape index (κ1) is 13.7. The average Bonchev–Trinajstić information content (AvgIpc) is 3.31. The van der Waals surface area contributed by atoms with Crippen molar-refractivity contribution in [3.63, 3.8) is 0 Å². The molecule has 0 bridgehead atoms. The minimum Gasteiger partial charge on any atom is -0.493 e. The highest BCUT2D eigenvalue weighted by Gasteiger charge is 2.22. The van der Waals surface area contributed by atoms with Crippen molar-refractivity contribution in [3.05, 3.63) is 23.8 Å². The third-order valence-corrected chi connectivity index (χ3v) is 4.02. The fraction of sp³-hybridized carbons (Fsp3) is 0.625. The van der Waals surface area contributed by atoms with E-state index >= 15 is 0 Å². The van der Waals surface area contributed by atoms with Gasteiger partial charge in [-0.25, -0.2) is 0 Å². The minimum absolute atomic E-state index is 0.764. The first-order valence-electron chi connectivity index (χ1n) is 7.58. The Morgan fingerprint density at radius 3 is 2.70 bits per heavy atom. The zero-order valence-electron chi connectivity index (χ0n) is 12.2. The molecule has 20 heavy (non-hydrogen) atoms. The van der Waals surface area contributed by atoms with Gasteiger partial charge >= 0.3 is 0 Å². The van der Waals surface area contributed by atoms with Gasteiger partial charge in [-0.3, -0.25) is 4.90 Å². The summed E-state index contributed by atoms with van der Waals surface area (Å²) < 4.78 is 11.3. The van der Waals surface area contributed by atoms with Crippen molar-refractivity contribution in [2.75, 3.05) is 39.9 Å². The number of hydrogen-bond acceptors (Lipinski definition) is 4. The van der Waals surface area contributed by atoms with Gasteiger partial charge in [0.05, 0.1) is 13.7 Å². The van der Waals surface area contributed by atoms with Crippen LogP contribution in [0.5, 0.6) is 11.5 Å². The SMILES string of the molecule is COc1cc(CN2CCNCC2)ccc1OCC1CC1. The molecule has 0 unspecified atom stereocenters. The standard InChI is InChI=1S/C16H24N2O2/c1-19-16-10-14(11-18-8-6-17-7-9-18)4-5-15(16)20-12-13-2-3-13/h4-5,10,13,17H,2-3,6-9,11-12H2,1H3. The second-order valence-corrected chi connectivity index (χ2v) is 5.77. The summed E-state index contributed by atoms with van der Waals surface area (Å²) in [4.78, 5) is 2.47. The molecule has 1 N–H and O–H groups in total. The predicted molar refractivity (Wildman–Crippen MR) is 79.4 cm³/mol. The van der Waals surface area contributed by atoms with E-state index in [1.807, 2.05) is 0 Å². The lowest BCUT2D eigenvalue weighted by Crippen LogP contribution is -2.42. The maximum Gasteiger partial charge on any atom is 0.161 e. The number of methoxy groups -OCH3 is 1. The summed E-state index contributed by atoms with van der Waals surface area (Å²) in [5, 5.41) is 3.38. The van der Waals surface area contributed by atoms with Gasteiger partial charge in [-0.1, -0.05) is 6.07 Å². The molecule has 0 aromatic heterocycles. The van der Waals surface area contributed by atoms with Gasteiger partial charge in [0.15, 0.2) is 11.5 Å². The van der Waals surface area contributed by atoms with E-state index in [2.05, 4.69) is 28.4 Å². The van der Waals surface area contributed by atoms with E-state index in [-0.39, 0.29) is 0 Å². The minimum atomic E-state index is 0.764. The summed E-state index contributed by atoms with van der Waals surface area (Å²) in [6.07, 6.45) is 2.62. The van der Waals surface area contributed by atoms with Crippen molar-refractivity contribution in [2.24, 2.45) is 5.92 Å². The smallest absolute Gasteiger partial charge is 0.161 e. The van der Waals surface area contributed by atoms with Crippen molar-refractivity contribution in [1.29, 1.82) is 0 Å². The number of piperazine rings is 1. The van der Waals surface area contributed by atoms with Crippen LogP contribution in [0.3, 0.4) is 0 Å². The van der Waals surface area contributed by atoms with Crippen LogP contribution in [-0.2, 0) is 6.54 Å². The Hall–Kier alpha value is -1.26. The van der Waals surface area contributed by atoms with Crippen molar-refractivity contribution < 1.29 is 9.47 Å². The average molecular weight is 276 g/mol. The fourth-order valence-electron chi connectivity index (χ4n) is 2.55. The van der Waals surface area contributed by atoms with Crippen molar-refractivity contribution in [1.82, 2.24) is 10.2 Å². The van der Waals surface area contributed by atoms with Crippen molar-refractivity contribution in [3.8, 4) is 11.5 Å². The molecule has 1 heterocycles. The third kappa shape index (κ3) is 3.64. The Labute approximate surface area is 121 Å². The van der Waals surface area contributed by atoms with Gasteiger partial charge in [-0.15, -0.1) is 0 Å². The van der Waals surface area contributed by atoms with E-state index in [9.17, 15) is 0 Å². The van der Waals surface area contributed by atoms with Crippen LogP contribution in [0.1, 0.15) is 18.4 Å². The first-order chi connectivity index (χ1) is 9.85. The van der Waals surface area contributed by atoms with Crippen LogP contribution >= 0.6 is 0 Å². The summed E-state index contributed by atoms with van der Waals surface area (Å²) in [6.45, 7) is 6.21. The van der Waals surface area contributed by atoms with E-state index < -0.39 is 0 Å². The van der Waals surface area contributed by atoms with E-state index in [1.165, 1.54) is 18.4 Å². The normalized spacial score (nSPS) is 19.9. The number of benzene rings is 1. The van der Waals surface area contributed by atoms with Crippen LogP contribution in [0.4, 0.5) is 0 Å². The molecule has 1 aliphatic carbocycles. The van der Waals surface area contributed by atoms with Crippen LogP contribution in [0.2, 0.25) is 0 Å². The van der Waals surface area contributed by atoms with Gasteiger partial charge < -0.3 is 14.8 Å².